The third-order valence-corrected chi connectivity index (χ3v) is 4.51. The van der Waals surface area contributed by atoms with E-state index in [-0.39, 0.29) is 18.9 Å². The summed E-state index contributed by atoms with van der Waals surface area (Å²) in [7, 11) is 1.64. The van der Waals surface area contributed by atoms with Gasteiger partial charge in [-0.1, -0.05) is 30.9 Å². The Bertz CT molecular complexity index is 699. The molecule has 6 heteroatoms. The number of hydrogen-bond donors (Lipinski definition) is 0. The van der Waals surface area contributed by atoms with E-state index in [1.54, 1.807) is 43.6 Å². The van der Waals surface area contributed by atoms with Crippen molar-refractivity contribution in [3.05, 3.63) is 48.6 Å². The molecule has 1 aliphatic heterocycles. The fourth-order valence-corrected chi connectivity index (χ4v) is 3.17. The summed E-state index contributed by atoms with van der Waals surface area (Å²) < 4.78 is 5.21. The van der Waals surface area contributed by atoms with Crippen LogP contribution in [0, 0.1) is 5.41 Å². The average Bonchev–Trinajstić information content (AvgIpc) is 2.67. The maximum absolute atomic E-state index is 13.2. The molecule has 138 valence electrons. The topological polar surface area (TPSA) is 76.0 Å². The number of esters is 1. The van der Waals surface area contributed by atoms with Crippen molar-refractivity contribution < 1.29 is 19.1 Å². The summed E-state index contributed by atoms with van der Waals surface area (Å²) in [5.41, 5.74) is -0.932. The van der Waals surface area contributed by atoms with Gasteiger partial charge in [0.15, 0.2) is 0 Å². The monoisotopic (exact) mass is 356 g/mol. The van der Waals surface area contributed by atoms with E-state index in [0.29, 0.717) is 31.4 Å². The maximum atomic E-state index is 13.2. The molecule has 0 saturated carbocycles. The standard InChI is InChI=1S/C20H24N2O4/c1-3-15-26-19(25)20(11-7-13-21-2)12-8-14-22(18(20)24)17(23)16-9-5-4-6-10-16/h3-6,9-10,13H,1,7-8,11-12,14-15H2,2H3/b21-13+. The van der Waals surface area contributed by atoms with Gasteiger partial charge in [-0.05, 0) is 44.0 Å². The molecule has 1 fully saturated rings. The Morgan fingerprint density at radius 1 is 1.35 bits per heavy atom. The molecule has 2 amide bonds. The van der Waals surface area contributed by atoms with Crippen LogP contribution in [0.15, 0.2) is 48.0 Å². The summed E-state index contributed by atoms with van der Waals surface area (Å²) in [5.74, 6) is -1.48. The second kappa shape index (κ2) is 9.08. The Hall–Kier alpha value is -2.76. The van der Waals surface area contributed by atoms with Crippen LogP contribution in [0.4, 0.5) is 0 Å². The number of carbonyl (C=O) groups excluding carboxylic acids is 3. The Kier molecular flexibility index (Phi) is 6.83. The smallest absolute Gasteiger partial charge is 0.321 e. The Balaban J connectivity index is 2.31. The third kappa shape index (κ3) is 4.07. The summed E-state index contributed by atoms with van der Waals surface area (Å²) in [6.45, 7) is 3.86. The number of nitrogens with zero attached hydrogens (tertiary/aromatic N) is 2. The van der Waals surface area contributed by atoms with Crippen molar-refractivity contribution in [2.45, 2.75) is 25.7 Å². The quantitative estimate of drug-likeness (QED) is 0.247. The number of aliphatic imine (C=N–C) groups is 1. The predicted octanol–water partition coefficient (Wildman–Crippen LogP) is 2.65. The molecule has 1 aromatic rings. The van der Waals surface area contributed by atoms with Crippen LogP contribution in [0.2, 0.25) is 0 Å². The number of benzene rings is 1. The van der Waals surface area contributed by atoms with Gasteiger partial charge in [-0.15, -0.1) is 0 Å². The lowest BCUT2D eigenvalue weighted by atomic mass is 9.75. The molecule has 1 saturated heterocycles. The van der Waals surface area contributed by atoms with E-state index in [1.807, 2.05) is 0 Å². The van der Waals surface area contributed by atoms with Crippen molar-refractivity contribution in [1.29, 1.82) is 0 Å². The summed E-state index contributed by atoms with van der Waals surface area (Å²) in [6, 6.07) is 8.60. The molecule has 26 heavy (non-hydrogen) atoms. The van der Waals surface area contributed by atoms with Crippen LogP contribution in [0.1, 0.15) is 36.0 Å². The summed E-state index contributed by atoms with van der Waals surface area (Å²) in [5, 5.41) is 0. The number of piperidine rings is 1. The predicted molar refractivity (Wildman–Crippen MR) is 99.0 cm³/mol. The normalized spacial score (nSPS) is 20.2. The van der Waals surface area contributed by atoms with Gasteiger partial charge in [0.2, 0.25) is 5.91 Å². The minimum atomic E-state index is -1.35. The number of rotatable bonds is 7. The fraction of sp³-hybridized carbons (Fsp3) is 0.400. The van der Waals surface area contributed by atoms with Crippen molar-refractivity contribution in [2.75, 3.05) is 20.2 Å². The zero-order chi connectivity index (χ0) is 19.0. The van der Waals surface area contributed by atoms with E-state index >= 15 is 0 Å². The molecule has 0 spiro atoms. The van der Waals surface area contributed by atoms with Crippen LogP contribution in [0.5, 0.6) is 0 Å². The number of hydrogen-bond acceptors (Lipinski definition) is 5. The first kappa shape index (κ1) is 19.6. The van der Waals surface area contributed by atoms with Crippen LogP contribution in [0.3, 0.4) is 0 Å². The molecule has 1 atom stereocenters. The highest BCUT2D eigenvalue weighted by atomic mass is 16.5. The second-order valence-electron chi connectivity index (χ2n) is 6.18. The first-order valence-corrected chi connectivity index (χ1v) is 8.67. The molecule has 0 N–H and O–H groups in total. The van der Waals surface area contributed by atoms with Gasteiger partial charge in [0.1, 0.15) is 12.0 Å². The number of carbonyl (C=O) groups is 3. The first-order chi connectivity index (χ1) is 12.6. The van der Waals surface area contributed by atoms with Crippen LogP contribution >= 0.6 is 0 Å². The highest BCUT2D eigenvalue weighted by Crippen LogP contribution is 2.37. The van der Waals surface area contributed by atoms with E-state index in [4.69, 9.17) is 4.74 Å². The number of ether oxygens (including phenoxy) is 1. The van der Waals surface area contributed by atoms with Crippen LogP contribution in [0.25, 0.3) is 0 Å². The molecule has 1 unspecified atom stereocenters. The first-order valence-electron chi connectivity index (χ1n) is 8.67. The summed E-state index contributed by atoms with van der Waals surface area (Å²) in [4.78, 5) is 43.8. The molecule has 1 aliphatic rings. The van der Waals surface area contributed by atoms with Crippen molar-refractivity contribution in [3.8, 4) is 0 Å². The van der Waals surface area contributed by atoms with Crippen LogP contribution < -0.4 is 0 Å². The molecule has 6 nitrogen and oxygen atoms in total. The van der Waals surface area contributed by atoms with E-state index in [2.05, 4.69) is 11.6 Å². The maximum Gasteiger partial charge on any atom is 0.321 e. The number of imide groups is 1. The van der Waals surface area contributed by atoms with Gasteiger partial charge in [0.25, 0.3) is 5.91 Å². The fourth-order valence-electron chi connectivity index (χ4n) is 3.17. The molecule has 1 heterocycles. The molecule has 2 rings (SSSR count). The molecular weight excluding hydrogens is 332 g/mol. The second-order valence-corrected chi connectivity index (χ2v) is 6.18. The molecule has 0 aromatic heterocycles. The highest BCUT2D eigenvalue weighted by Gasteiger charge is 2.52. The van der Waals surface area contributed by atoms with Crippen molar-refractivity contribution in [1.82, 2.24) is 4.90 Å². The van der Waals surface area contributed by atoms with Crippen LogP contribution in [-0.2, 0) is 14.3 Å². The van der Waals surface area contributed by atoms with Gasteiger partial charge in [-0.2, -0.15) is 0 Å². The minimum absolute atomic E-state index is 0.0301. The zero-order valence-corrected chi connectivity index (χ0v) is 15.0. The Labute approximate surface area is 153 Å². The lowest BCUT2D eigenvalue weighted by Crippen LogP contribution is -2.55. The third-order valence-electron chi connectivity index (χ3n) is 4.51. The highest BCUT2D eigenvalue weighted by molar-refractivity contribution is 6.13. The van der Waals surface area contributed by atoms with Gasteiger partial charge < -0.3 is 9.73 Å². The zero-order valence-electron chi connectivity index (χ0n) is 15.0. The Morgan fingerprint density at radius 2 is 2.08 bits per heavy atom. The number of amides is 2. The van der Waals surface area contributed by atoms with E-state index < -0.39 is 17.3 Å². The van der Waals surface area contributed by atoms with Crippen LogP contribution in [-0.4, -0.2) is 49.1 Å². The van der Waals surface area contributed by atoms with Crippen molar-refractivity contribution in [2.24, 2.45) is 10.4 Å². The molecular formula is C20H24N2O4. The molecule has 0 radical (unpaired) electrons. The van der Waals surface area contributed by atoms with Gasteiger partial charge in [0, 0.05) is 19.2 Å². The summed E-state index contributed by atoms with van der Waals surface area (Å²) in [6.07, 6.45) is 4.75. The van der Waals surface area contributed by atoms with Gasteiger partial charge in [-0.25, -0.2) is 0 Å². The van der Waals surface area contributed by atoms with E-state index in [9.17, 15) is 14.4 Å². The number of likely N-dealkylation sites (tertiary alicyclic amines) is 1. The molecule has 1 aromatic carbocycles. The largest absolute Gasteiger partial charge is 0.461 e. The van der Waals surface area contributed by atoms with Gasteiger partial charge in [0.05, 0.1) is 0 Å². The average molecular weight is 356 g/mol. The van der Waals surface area contributed by atoms with Gasteiger partial charge >= 0.3 is 5.97 Å². The van der Waals surface area contributed by atoms with Crippen molar-refractivity contribution in [3.63, 3.8) is 0 Å². The van der Waals surface area contributed by atoms with Gasteiger partial charge in [-0.3, -0.25) is 19.3 Å². The Morgan fingerprint density at radius 3 is 2.73 bits per heavy atom. The lowest BCUT2D eigenvalue weighted by molar-refractivity contribution is -0.167. The molecule has 0 aliphatic carbocycles. The minimum Gasteiger partial charge on any atom is -0.461 e. The van der Waals surface area contributed by atoms with Crippen molar-refractivity contribution >= 4 is 24.0 Å². The summed E-state index contributed by atoms with van der Waals surface area (Å²) >= 11 is 0. The molecule has 0 bridgehead atoms. The van der Waals surface area contributed by atoms with E-state index in [0.717, 1.165) is 0 Å². The SMILES string of the molecule is C=CCOC(=O)C1(CC/C=N/C)CCCN(C(=O)c2ccccc2)C1=O. The van der Waals surface area contributed by atoms with E-state index in [1.165, 1.54) is 11.0 Å². The lowest BCUT2D eigenvalue weighted by Gasteiger charge is -2.38.